The molecule has 1 saturated heterocycles. The topological polar surface area (TPSA) is 117 Å². The highest BCUT2D eigenvalue weighted by Crippen LogP contribution is 2.49. The fourth-order valence-electron chi connectivity index (χ4n) is 5.77. The average molecular weight is 624 g/mol. The zero-order chi connectivity index (χ0) is 29.6. The Morgan fingerprint density at radius 2 is 1.78 bits per heavy atom. The van der Waals surface area contributed by atoms with Crippen LogP contribution >= 0.6 is 23.2 Å². The Morgan fingerprint density at radius 3 is 2.39 bits per heavy atom. The second-order valence-electron chi connectivity index (χ2n) is 10.5. The number of aromatic nitrogens is 1. The predicted octanol–water partition coefficient (Wildman–Crippen LogP) is 4.43. The number of hydrogen-bond donors (Lipinski definition) is 2. The fourth-order valence-corrected chi connectivity index (χ4v) is 7.50. The summed E-state index contributed by atoms with van der Waals surface area (Å²) in [6.07, 6.45) is 1.86. The van der Waals surface area contributed by atoms with Crippen LogP contribution in [0.3, 0.4) is 0 Å². The summed E-state index contributed by atoms with van der Waals surface area (Å²) < 4.78 is 46.6. The predicted molar refractivity (Wildman–Crippen MR) is 152 cm³/mol. The first-order chi connectivity index (χ1) is 19.4. The van der Waals surface area contributed by atoms with Gasteiger partial charge in [0.1, 0.15) is 15.7 Å². The van der Waals surface area contributed by atoms with Crippen molar-refractivity contribution < 1.29 is 32.6 Å². The molecule has 2 N–H and O–H groups in total. The first-order valence-corrected chi connectivity index (χ1v) is 15.7. The van der Waals surface area contributed by atoms with Gasteiger partial charge in [-0.2, -0.15) is 0 Å². The summed E-state index contributed by atoms with van der Waals surface area (Å²) >= 11 is 12.2. The van der Waals surface area contributed by atoms with Crippen molar-refractivity contribution in [1.82, 2.24) is 9.88 Å². The number of halogens is 3. The molecule has 3 aromatic rings. The molecule has 0 aliphatic carbocycles. The molecular weight excluding hydrogens is 594 g/mol. The Bertz CT molecular complexity index is 1550. The molecule has 2 aliphatic heterocycles. The third kappa shape index (κ3) is 5.49. The molecule has 2 aromatic carbocycles. The van der Waals surface area contributed by atoms with Crippen molar-refractivity contribution in [2.45, 2.75) is 37.6 Å². The second kappa shape index (κ2) is 11.2. The fraction of sp³-hybridized carbons (Fsp3) is 0.379. The molecule has 0 bridgehead atoms. The maximum Gasteiger partial charge on any atom is 0.257 e. The molecule has 0 saturated carbocycles. The first-order valence-electron chi connectivity index (χ1n) is 13.1. The van der Waals surface area contributed by atoms with Crippen LogP contribution in [0.25, 0.3) is 0 Å². The summed E-state index contributed by atoms with van der Waals surface area (Å²) in [5.74, 6) is -1.98. The molecule has 3 heterocycles. The summed E-state index contributed by atoms with van der Waals surface area (Å²) in [5.41, 5.74) is -2.49. The van der Waals surface area contributed by atoms with Gasteiger partial charge in [-0.25, -0.2) is 12.8 Å². The van der Waals surface area contributed by atoms with Crippen LogP contribution in [-0.4, -0.2) is 59.1 Å². The number of amides is 1. The number of benzene rings is 2. The van der Waals surface area contributed by atoms with Gasteiger partial charge in [0.05, 0.1) is 58.7 Å². The molecule has 2 atom stereocenters. The van der Waals surface area contributed by atoms with Gasteiger partial charge in [-0.3, -0.25) is 14.7 Å². The SMILES string of the molecule is CC(O)(c1cc(F)c2c(c1)C(=O)N(Cc1ccc(Cl)cn1)[C@@]2(OCCO)c1ccc(Cl)cc1)C1CCS(=O)(=O)CC1. The maximum absolute atomic E-state index is 16.4. The van der Waals surface area contributed by atoms with E-state index < -0.39 is 45.4 Å². The van der Waals surface area contributed by atoms with E-state index in [1.165, 1.54) is 30.2 Å². The minimum absolute atomic E-state index is 0.0226. The Kier molecular flexibility index (Phi) is 8.19. The normalized spacial score (nSPS) is 22.0. The zero-order valence-electron chi connectivity index (χ0n) is 22.2. The van der Waals surface area contributed by atoms with E-state index >= 15 is 4.39 Å². The number of hydrogen-bond acceptors (Lipinski definition) is 7. The van der Waals surface area contributed by atoms with Crippen molar-refractivity contribution in [3.05, 3.63) is 98.5 Å². The molecular formula is C29H29Cl2FN2O6S. The zero-order valence-corrected chi connectivity index (χ0v) is 24.5. The van der Waals surface area contributed by atoms with Crippen LogP contribution in [-0.2, 0) is 32.4 Å². The number of sulfone groups is 1. The summed E-state index contributed by atoms with van der Waals surface area (Å²) in [5, 5.41) is 22.1. The van der Waals surface area contributed by atoms with E-state index in [1.54, 1.807) is 36.4 Å². The lowest BCUT2D eigenvalue weighted by Gasteiger charge is -2.39. The van der Waals surface area contributed by atoms with Crippen LogP contribution in [0.1, 0.15) is 52.5 Å². The van der Waals surface area contributed by atoms with E-state index in [0.717, 1.165) is 0 Å². The number of fused-ring (bicyclic) bond motifs is 1. The number of pyridine rings is 1. The Hall–Kier alpha value is -2.60. The van der Waals surface area contributed by atoms with Crippen molar-refractivity contribution in [2.24, 2.45) is 5.92 Å². The van der Waals surface area contributed by atoms with Crippen LogP contribution in [0.4, 0.5) is 4.39 Å². The molecule has 1 amide bonds. The number of rotatable bonds is 8. The van der Waals surface area contributed by atoms with E-state index in [1.807, 2.05) is 0 Å². The van der Waals surface area contributed by atoms with Crippen LogP contribution < -0.4 is 0 Å². The van der Waals surface area contributed by atoms with Crippen molar-refractivity contribution in [1.29, 1.82) is 0 Å². The van der Waals surface area contributed by atoms with Crippen LogP contribution in [0.15, 0.2) is 54.7 Å². The third-order valence-corrected chi connectivity index (χ3v) is 10.2. The van der Waals surface area contributed by atoms with E-state index in [9.17, 15) is 23.4 Å². The monoisotopic (exact) mass is 622 g/mol. The highest BCUT2D eigenvalue weighted by Gasteiger charge is 2.55. The van der Waals surface area contributed by atoms with E-state index in [2.05, 4.69) is 4.98 Å². The van der Waals surface area contributed by atoms with Gasteiger partial charge in [0.15, 0.2) is 5.72 Å². The van der Waals surface area contributed by atoms with Crippen molar-refractivity contribution in [3.8, 4) is 0 Å². The minimum Gasteiger partial charge on any atom is -0.394 e. The average Bonchev–Trinajstić information content (AvgIpc) is 3.17. The maximum atomic E-state index is 16.4. The molecule has 1 unspecified atom stereocenters. The van der Waals surface area contributed by atoms with Gasteiger partial charge in [-0.05, 0) is 67.6 Å². The van der Waals surface area contributed by atoms with Crippen molar-refractivity contribution in [3.63, 3.8) is 0 Å². The summed E-state index contributed by atoms with van der Waals surface area (Å²) in [4.78, 5) is 19.8. The molecule has 0 radical (unpaired) electrons. The lowest BCUT2D eigenvalue weighted by molar-refractivity contribution is -0.120. The largest absolute Gasteiger partial charge is 0.394 e. The van der Waals surface area contributed by atoms with Crippen LogP contribution in [0, 0.1) is 11.7 Å². The minimum atomic E-state index is -3.19. The van der Waals surface area contributed by atoms with Gasteiger partial charge < -0.3 is 14.9 Å². The lowest BCUT2D eigenvalue weighted by Crippen LogP contribution is -2.47. The summed E-state index contributed by atoms with van der Waals surface area (Å²) in [6.45, 7) is 0.797. The van der Waals surface area contributed by atoms with Gasteiger partial charge in [-0.15, -0.1) is 0 Å². The number of nitrogens with zero attached hydrogens (tertiary/aromatic N) is 2. The van der Waals surface area contributed by atoms with Gasteiger partial charge in [-0.1, -0.05) is 35.3 Å². The van der Waals surface area contributed by atoms with Gasteiger partial charge in [0.2, 0.25) is 0 Å². The van der Waals surface area contributed by atoms with Gasteiger partial charge in [0, 0.05) is 16.8 Å². The van der Waals surface area contributed by atoms with Crippen molar-refractivity contribution >= 4 is 38.9 Å². The smallest absolute Gasteiger partial charge is 0.257 e. The highest BCUT2D eigenvalue weighted by molar-refractivity contribution is 7.91. The highest BCUT2D eigenvalue weighted by atomic mass is 35.5. The number of aliphatic hydroxyl groups excluding tert-OH is 1. The molecule has 5 rings (SSSR count). The number of carbonyl (C=O) groups excluding carboxylic acids is 1. The van der Waals surface area contributed by atoms with E-state index in [0.29, 0.717) is 21.3 Å². The molecule has 1 aromatic heterocycles. The molecule has 12 heteroatoms. The van der Waals surface area contributed by atoms with Crippen LogP contribution in [0.2, 0.25) is 10.0 Å². The quantitative estimate of drug-likeness (QED) is 0.382. The molecule has 218 valence electrons. The first kappa shape index (κ1) is 29.9. The number of ether oxygens (including phenoxy) is 1. The number of carbonyl (C=O) groups is 1. The second-order valence-corrected chi connectivity index (χ2v) is 13.7. The van der Waals surface area contributed by atoms with Gasteiger partial charge in [0.25, 0.3) is 5.91 Å². The van der Waals surface area contributed by atoms with E-state index in [4.69, 9.17) is 27.9 Å². The number of aliphatic hydroxyl groups is 2. The molecule has 8 nitrogen and oxygen atoms in total. The lowest BCUT2D eigenvalue weighted by atomic mass is 9.78. The van der Waals surface area contributed by atoms with E-state index in [-0.39, 0.29) is 54.2 Å². The standard InChI is InChI=1S/C29H29Cl2FN2O6S/c1-28(37,18-8-12-41(38,39)13-9-18)20-14-24-26(25(32)15-20)29(40-11-10-35,19-2-4-21(30)5-3-19)34(27(24)36)17-23-7-6-22(31)16-33-23/h2-7,14-16,18,35,37H,8-13,17H2,1H3/t28?,29-/m1/s1. The van der Waals surface area contributed by atoms with Crippen LogP contribution in [0.5, 0.6) is 0 Å². The Labute approximate surface area is 247 Å². The molecule has 0 spiro atoms. The Balaban J connectivity index is 1.68. The Morgan fingerprint density at radius 1 is 1.12 bits per heavy atom. The summed E-state index contributed by atoms with van der Waals surface area (Å²) in [7, 11) is -3.19. The molecule has 2 aliphatic rings. The van der Waals surface area contributed by atoms with Gasteiger partial charge >= 0.3 is 0 Å². The molecule has 41 heavy (non-hydrogen) atoms. The third-order valence-electron chi connectivity index (χ3n) is 7.97. The van der Waals surface area contributed by atoms with Crippen molar-refractivity contribution in [2.75, 3.05) is 24.7 Å². The summed E-state index contributed by atoms with van der Waals surface area (Å²) in [6, 6.07) is 12.3. The molecule has 1 fully saturated rings.